The highest BCUT2D eigenvalue weighted by atomic mass is 16.7. The normalized spacial score (nSPS) is 11.7. The van der Waals surface area contributed by atoms with Crippen molar-refractivity contribution in [1.29, 1.82) is 0 Å². The molecule has 3 rings (SSSR count). The van der Waals surface area contributed by atoms with Crippen molar-refractivity contribution in [2.24, 2.45) is 0 Å². The highest BCUT2D eigenvalue weighted by Gasteiger charge is 2.14. The molecule has 1 aliphatic rings. The Morgan fingerprint density at radius 1 is 1.16 bits per heavy atom. The van der Waals surface area contributed by atoms with Crippen LogP contribution in [0.1, 0.15) is 15.9 Å². The molecule has 7 nitrogen and oxygen atoms in total. The molecule has 0 radical (unpaired) electrons. The van der Waals surface area contributed by atoms with E-state index in [0.717, 1.165) is 5.56 Å². The fraction of sp³-hybridized carbons (Fsp3) is 0.222. The number of fused-ring (bicyclic) bond motifs is 1. The highest BCUT2D eigenvalue weighted by molar-refractivity contribution is 5.78. The first kappa shape index (κ1) is 16.6. The smallest absolute Gasteiger partial charge is 0.258 e. The predicted molar refractivity (Wildman–Crippen MR) is 88.3 cm³/mol. The first-order valence-electron chi connectivity index (χ1n) is 7.61. The summed E-state index contributed by atoms with van der Waals surface area (Å²) in [5.41, 5.74) is 1.33. The molecule has 0 atom stereocenters. The van der Waals surface area contributed by atoms with Crippen LogP contribution in [0.15, 0.2) is 36.4 Å². The molecule has 0 bridgehead atoms. The van der Waals surface area contributed by atoms with Crippen LogP contribution in [0.3, 0.4) is 0 Å². The third kappa shape index (κ3) is 4.00. The highest BCUT2D eigenvalue weighted by Crippen LogP contribution is 2.32. The minimum absolute atomic E-state index is 0.191. The molecular weight excluding hydrogens is 326 g/mol. The van der Waals surface area contributed by atoms with Crippen LogP contribution < -0.4 is 24.3 Å². The Morgan fingerprint density at radius 3 is 2.80 bits per heavy atom. The summed E-state index contributed by atoms with van der Waals surface area (Å²) in [6.45, 7) is 0.355. The molecule has 2 aromatic rings. The lowest BCUT2D eigenvalue weighted by Gasteiger charge is -2.11. The molecule has 0 saturated heterocycles. The summed E-state index contributed by atoms with van der Waals surface area (Å²) in [6, 6.07) is 10.2. The minimum atomic E-state index is -0.295. The Labute approximate surface area is 144 Å². The van der Waals surface area contributed by atoms with E-state index in [0.29, 0.717) is 41.4 Å². The maximum Gasteiger partial charge on any atom is 0.258 e. The summed E-state index contributed by atoms with van der Waals surface area (Å²) in [5, 5.41) is 2.76. The number of aldehydes is 1. The summed E-state index contributed by atoms with van der Waals surface area (Å²) in [4.78, 5) is 22.8. The topological polar surface area (TPSA) is 83.1 Å². The van der Waals surface area contributed by atoms with Gasteiger partial charge in [-0.05, 0) is 35.9 Å². The average molecular weight is 343 g/mol. The number of methoxy groups -OCH3 is 1. The van der Waals surface area contributed by atoms with E-state index in [1.807, 2.05) is 12.1 Å². The lowest BCUT2D eigenvalue weighted by atomic mass is 10.2. The average Bonchev–Trinajstić information content (AvgIpc) is 3.12. The maximum absolute atomic E-state index is 12.0. The molecule has 0 spiro atoms. The van der Waals surface area contributed by atoms with Gasteiger partial charge in [0.2, 0.25) is 6.79 Å². The van der Waals surface area contributed by atoms with Crippen LogP contribution in [0, 0.1) is 0 Å². The quantitative estimate of drug-likeness (QED) is 0.774. The number of benzene rings is 2. The molecule has 7 heteroatoms. The first-order chi connectivity index (χ1) is 12.2. The Hall–Kier alpha value is -3.22. The van der Waals surface area contributed by atoms with Crippen molar-refractivity contribution in [1.82, 2.24) is 5.32 Å². The summed E-state index contributed by atoms with van der Waals surface area (Å²) < 4.78 is 21.1. The van der Waals surface area contributed by atoms with Gasteiger partial charge in [-0.15, -0.1) is 0 Å². The third-order valence-electron chi connectivity index (χ3n) is 3.61. The molecule has 0 saturated carbocycles. The molecule has 0 aromatic heterocycles. The SMILES string of the molecule is COc1ccc(C=O)cc1OCC(=O)NCc1ccc2c(c1)OCO2. The number of carbonyl (C=O) groups excluding carboxylic acids is 2. The van der Waals surface area contributed by atoms with Crippen molar-refractivity contribution in [3.63, 3.8) is 0 Å². The van der Waals surface area contributed by atoms with E-state index in [1.54, 1.807) is 18.2 Å². The van der Waals surface area contributed by atoms with Gasteiger partial charge in [-0.25, -0.2) is 0 Å². The van der Waals surface area contributed by atoms with Crippen LogP contribution in [-0.4, -0.2) is 32.7 Å². The molecule has 1 amide bonds. The van der Waals surface area contributed by atoms with Crippen molar-refractivity contribution in [2.45, 2.75) is 6.54 Å². The van der Waals surface area contributed by atoms with Crippen molar-refractivity contribution < 1.29 is 28.5 Å². The second-order valence-electron chi connectivity index (χ2n) is 5.28. The standard InChI is InChI=1S/C18H17NO6/c1-22-14-4-3-13(9-20)7-16(14)23-10-18(21)19-8-12-2-5-15-17(6-12)25-11-24-15/h2-7,9H,8,10-11H2,1H3,(H,19,21). The number of rotatable bonds is 7. The van der Waals surface area contributed by atoms with E-state index in [-0.39, 0.29) is 19.3 Å². The van der Waals surface area contributed by atoms with Gasteiger partial charge in [0, 0.05) is 12.1 Å². The molecule has 1 N–H and O–H groups in total. The minimum Gasteiger partial charge on any atom is -0.493 e. The van der Waals surface area contributed by atoms with Crippen molar-refractivity contribution in [3.8, 4) is 23.0 Å². The van der Waals surface area contributed by atoms with Crippen LogP contribution in [0.5, 0.6) is 23.0 Å². The van der Waals surface area contributed by atoms with Gasteiger partial charge in [-0.3, -0.25) is 9.59 Å². The van der Waals surface area contributed by atoms with Crippen molar-refractivity contribution in [3.05, 3.63) is 47.5 Å². The Bertz CT molecular complexity index is 789. The fourth-order valence-corrected chi connectivity index (χ4v) is 2.33. The number of hydrogen-bond acceptors (Lipinski definition) is 6. The number of amides is 1. The van der Waals surface area contributed by atoms with Crippen LogP contribution in [0.4, 0.5) is 0 Å². The number of nitrogens with one attached hydrogen (secondary N) is 1. The number of carbonyl (C=O) groups is 2. The summed E-state index contributed by atoms with van der Waals surface area (Å²) in [6.07, 6.45) is 0.700. The Morgan fingerprint density at radius 2 is 2.00 bits per heavy atom. The van der Waals surface area contributed by atoms with E-state index in [9.17, 15) is 9.59 Å². The molecule has 130 valence electrons. The molecule has 2 aromatic carbocycles. The molecule has 0 fully saturated rings. The second kappa shape index (κ2) is 7.57. The fourth-order valence-electron chi connectivity index (χ4n) is 2.33. The van der Waals surface area contributed by atoms with Crippen LogP contribution >= 0.6 is 0 Å². The van der Waals surface area contributed by atoms with E-state index < -0.39 is 0 Å². The van der Waals surface area contributed by atoms with Gasteiger partial charge in [0.25, 0.3) is 5.91 Å². The number of ether oxygens (including phenoxy) is 4. The summed E-state index contributed by atoms with van der Waals surface area (Å²) in [5.74, 6) is 1.86. The molecular formula is C18H17NO6. The zero-order valence-electron chi connectivity index (χ0n) is 13.6. The predicted octanol–water partition coefficient (Wildman–Crippen LogP) is 1.93. The van der Waals surface area contributed by atoms with Gasteiger partial charge < -0.3 is 24.3 Å². The largest absolute Gasteiger partial charge is 0.493 e. The van der Waals surface area contributed by atoms with Crippen molar-refractivity contribution in [2.75, 3.05) is 20.5 Å². The van der Waals surface area contributed by atoms with Gasteiger partial charge in [0.1, 0.15) is 6.29 Å². The molecule has 25 heavy (non-hydrogen) atoms. The zero-order valence-corrected chi connectivity index (χ0v) is 13.6. The molecule has 0 aliphatic carbocycles. The van der Waals surface area contributed by atoms with E-state index >= 15 is 0 Å². The lowest BCUT2D eigenvalue weighted by Crippen LogP contribution is -2.28. The summed E-state index contributed by atoms with van der Waals surface area (Å²) >= 11 is 0. The number of hydrogen-bond donors (Lipinski definition) is 1. The van der Waals surface area contributed by atoms with Crippen LogP contribution in [0.25, 0.3) is 0 Å². The Kier molecular flexibility index (Phi) is 5.03. The third-order valence-corrected chi connectivity index (χ3v) is 3.61. The van der Waals surface area contributed by atoms with Gasteiger partial charge in [0.15, 0.2) is 29.6 Å². The van der Waals surface area contributed by atoms with E-state index in [1.165, 1.54) is 13.2 Å². The van der Waals surface area contributed by atoms with Gasteiger partial charge in [-0.1, -0.05) is 6.07 Å². The monoisotopic (exact) mass is 343 g/mol. The van der Waals surface area contributed by atoms with Gasteiger partial charge in [0.05, 0.1) is 7.11 Å². The van der Waals surface area contributed by atoms with E-state index in [4.69, 9.17) is 18.9 Å². The first-order valence-corrected chi connectivity index (χ1v) is 7.61. The molecule has 0 unspecified atom stereocenters. The summed E-state index contributed by atoms with van der Waals surface area (Å²) in [7, 11) is 1.49. The van der Waals surface area contributed by atoms with Crippen LogP contribution in [-0.2, 0) is 11.3 Å². The van der Waals surface area contributed by atoms with Gasteiger partial charge in [-0.2, -0.15) is 0 Å². The second-order valence-corrected chi connectivity index (χ2v) is 5.28. The molecule has 1 heterocycles. The maximum atomic E-state index is 12.0. The Balaban J connectivity index is 1.54. The van der Waals surface area contributed by atoms with Gasteiger partial charge >= 0.3 is 0 Å². The van der Waals surface area contributed by atoms with E-state index in [2.05, 4.69) is 5.32 Å². The van der Waals surface area contributed by atoms with Crippen molar-refractivity contribution >= 4 is 12.2 Å². The molecule has 1 aliphatic heterocycles. The van der Waals surface area contributed by atoms with Crippen LogP contribution in [0.2, 0.25) is 0 Å². The lowest BCUT2D eigenvalue weighted by molar-refractivity contribution is -0.123. The zero-order chi connectivity index (χ0) is 17.6.